The lowest BCUT2D eigenvalue weighted by Crippen LogP contribution is -2.35. The van der Waals surface area contributed by atoms with Gasteiger partial charge in [0.2, 0.25) is 5.91 Å². The highest BCUT2D eigenvalue weighted by atomic mass is 35.5. The fourth-order valence-corrected chi connectivity index (χ4v) is 6.33. The summed E-state index contributed by atoms with van der Waals surface area (Å²) in [5, 5.41) is 0. The van der Waals surface area contributed by atoms with Crippen LogP contribution in [0, 0.1) is 5.41 Å². The van der Waals surface area contributed by atoms with Crippen molar-refractivity contribution in [3.8, 4) is 0 Å². The van der Waals surface area contributed by atoms with Crippen LogP contribution in [0.2, 0.25) is 0 Å². The van der Waals surface area contributed by atoms with E-state index in [0.29, 0.717) is 30.4 Å². The number of rotatable bonds is 5. The van der Waals surface area contributed by atoms with E-state index in [-0.39, 0.29) is 30.2 Å². The minimum absolute atomic E-state index is 0. The standard InChI is InChI=1S/C16H25N3O3S2.ClH/c1-16(11-17)6-9-18(12-16)14(20)10-13-4-5-15(23-13)24(21,22)19-7-2-3-8-19;/h4-5H,2-3,6-12,17H2,1H3;1H. The molecule has 142 valence electrons. The lowest BCUT2D eigenvalue weighted by Gasteiger charge is -2.22. The van der Waals surface area contributed by atoms with Crippen molar-refractivity contribution >= 4 is 39.7 Å². The number of halogens is 1. The summed E-state index contributed by atoms with van der Waals surface area (Å²) in [5.41, 5.74) is 5.80. The molecule has 0 bridgehead atoms. The van der Waals surface area contributed by atoms with Crippen molar-refractivity contribution in [2.75, 3.05) is 32.7 Å². The van der Waals surface area contributed by atoms with Crippen molar-refractivity contribution in [2.45, 2.75) is 36.8 Å². The predicted molar refractivity (Wildman–Crippen MR) is 102 cm³/mol. The molecule has 25 heavy (non-hydrogen) atoms. The molecular formula is C16H26ClN3O3S2. The highest BCUT2D eigenvalue weighted by molar-refractivity contribution is 7.91. The van der Waals surface area contributed by atoms with Gasteiger partial charge in [-0.25, -0.2) is 8.42 Å². The van der Waals surface area contributed by atoms with Crippen LogP contribution in [0.1, 0.15) is 31.1 Å². The van der Waals surface area contributed by atoms with Crippen LogP contribution in [0.15, 0.2) is 16.3 Å². The topological polar surface area (TPSA) is 83.7 Å². The number of carbonyl (C=O) groups excluding carboxylic acids is 1. The highest BCUT2D eigenvalue weighted by Crippen LogP contribution is 2.31. The number of nitrogens with zero attached hydrogens (tertiary/aromatic N) is 2. The van der Waals surface area contributed by atoms with Crippen molar-refractivity contribution in [1.29, 1.82) is 0 Å². The van der Waals surface area contributed by atoms with E-state index in [1.54, 1.807) is 12.1 Å². The Hall–Kier alpha value is -0.670. The second kappa shape index (κ2) is 7.92. The third-order valence-corrected chi connectivity index (χ3v) is 8.48. The van der Waals surface area contributed by atoms with Gasteiger partial charge in [-0.1, -0.05) is 6.92 Å². The van der Waals surface area contributed by atoms with Crippen LogP contribution >= 0.6 is 23.7 Å². The number of likely N-dealkylation sites (tertiary alicyclic amines) is 1. The Labute approximate surface area is 159 Å². The van der Waals surface area contributed by atoms with E-state index in [4.69, 9.17) is 5.73 Å². The van der Waals surface area contributed by atoms with E-state index in [0.717, 1.165) is 30.7 Å². The molecule has 6 nitrogen and oxygen atoms in total. The summed E-state index contributed by atoms with van der Waals surface area (Å²) in [5.74, 6) is 0.0548. The maximum Gasteiger partial charge on any atom is 0.252 e. The van der Waals surface area contributed by atoms with Gasteiger partial charge in [0.25, 0.3) is 10.0 Å². The Balaban J connectivity index is 0.00000225. The Bertz CT molecular complexity index is 716. The number of hydrogen-bond donors (Lipinski definition) is 1. The lowest BCUT2D eigenvalue weighted by molar-refractivity contribution is -0.129. The van der Waals surface area contributed by atoms with Crippen molar-refractivity contribution < 1.29 is 13.2 Å². The smallest absolute Gasteiger partial charge is 0.252 e. The molecule has 2 fully saturated rings. The molecule has 3 heterocycles. The fourth-order valence-electron chi connectivity index (χ4n) is 3.31. The van der Waals surface area contributed by atoms with Crippen LogP contribution in [-0.4, -0.2) is 56.3 Å². The number of amides is 1. The summed E-state index contributed by atoms with van der Waals surface area (Å²) >= 11 is 1.22. The first-order valence-corrected chi connectivity index (χ1v) is 10.7. The second-order valence-corrected chi connectivity index (χ2v) is 10.4. The molecular weight excluding hydrogens is 382 g/mol. The molecule has 1 unspecified atom stereocenters. The van der Waals surface area contributed by atoms with Crippen molar-refractivity contribution in [1.82, 2.24) is 9.21 Å². The number of hydrogen-bond acceptors (Lipinski definition) is 5. The molecule has 0 radical (unpaired) electrons. The Kier molecular flexibility index (Phi) is 6.54. The first-order valence-electron chi connectivity index (χ1n) is 8.41. The van der Waals surface area contributed by atoms with Gasteiger partial charge in [0, 0.05) is 31.1 Å². The molecule has 0 spiro atoms. The van der Waals surface area contributed by atoms with Gasteiger partial charge in [-0.15, -0.1) is 23.7 Å². The number of nitrogens with two attached hydrogens (primary N) is 1. The van der Waals surface area contributed by atoms with E-state index >= 15 is 0 Å². The third-order valence-electron chi connectivity index (χ3n) is 5.02. The second-order valence-electron chi connectivity index (χ2n) is 7.09. The number of carbonyl (C=O) groups is 1. The third kappa shape index (κ3) is 4.36. The Morgan fingerprint density at radius 3 is 2.56 bits per heavy atom. The average molecular weight is 408 g/mol. The number of thiophene rings is 1. The van der Waals surface area contributed by atoms with E-state index in [1.807, 2.05) is 4.90 Å². The van der Waals surface area contributed by atoms with E-state index in [2.05, 4.69) is 6.92 Å². The van der Waals surface area contributed by atoms with Crippen LogP contribution in [0.25, 0.3) is 0 Å². The van der Waals surface area contributed by atoms with Gasteiger partial charge >= 0.3 is 0 Å². The molecule has 1 aromatic heterocycles. The molecule has 1 atom stereocenters. The predicted octanol–water partition coefficient (Wildman–Crippen LogP) is 1.69. The normalized spacial score (nSPS) is 24.5. The molecule has 1 amide bonds. The summed E-state index contributed by atoms with van der Waals surface area (Å²) < 4.78 is 27.0. The summed E-state index contributed by atoms with van der Waals surface area (Å²) in [4.78, 5) is 15.1. The zero-order valence-electron chi connectivity index (χ0n) is 14.4. The van der Waals surface area contributed by atoms with Gasteiger partial charge in [0.1, 0.15) is 4.21 Å². The maximum absolute atomic E-state index is 12.5. The fraction of sp³-hybridized carbons (Fsp3) is 0.688. The molecule has 2 saturated heterocycles. The lowest BCUT2D eigenvalue weighted by atomic mass is 9.90. The van der Waals surface area contributed by atoms with Crippen molar-refractivity contribution in [3.05, 3.63) is 17.0 Å². The van der Waals surface area contributed by atoms with Crippen molar-refractivity contribution in [3.63, 3.8) is 0 Å². The SMILES string of the molecule is CC1(CN)CCN(C(=O)Cc2ccc(S(=O)(=O)N3CCCC3)s2)C1.Cl. The average Bonchev–Trinajstić information content (AvgIpc) is 3.28. The van der Waals surface area contributed by atoms with Gasteiger partial charge in [-0.05, 0) is 43.4 Å². The zero-order chi connectivity index (χ0) is 17.4. The monoisotopic (exact) mass is 407 g/mol. The molecule has 2 aliphatic rings. The van der Waals surface area contributed by atoms with Gasteiger partial charge in [0.15, 0.2) is 0 Å². The summed E-state index contributed by atoms with van der Waals surface area (Å²) in [6.45, 7) is 5.30. The maximum atomic E-state index is 12.5. The quantitative estimate of drug-likeness (QED) is 0.805. The van der Waals surface area contributed by atoms with Crippen LogP contribution in [0.4, 0.5) is 0 Å². The molecule has 9 heteroatoms. The van der Waals surface area contributed by atoms with E-state index < -0.39 is 10.0 Å². The molecule has 0 aromatic carbocycles. The van der Waals surface area contributed by atoms with E-state index in [1.165, 1.54) is 15.6 Å². The summed E-state index contributed by atoms with van der Waals surface area (Å²) in [7, 11) is -3.38. The Morgan fingerprint density at radius 1 is 1.28 bits per heavy atom. The minimum atomic E-state index is -3.38. The molecule has 0 saturated carbocycles. The molecule has 0 aliphatic carbocycles. The van der Waals surface area contributed by atoms with Crippen LogP contribution in [-0.2, 0) is 21.2 Å². The van der Waals surface area contributed by atoms with Crippen LogP contribution in [0.3, 0.4) is 0 Å². The van der Waals surface area contributed by atoms with E-state index in [9.17, 15) is 13.2 Å². The summed E-state index contributed by atoms with van der Waals surface area (Å²) in [6.07, 6.45) is 3.03. The first-order chi connectivity index (χ1) is 11.3. The molecule has 1 aromatic rings. The zero-order valence-corrected chi connectivity index (χ0v) is 16.9. The largest absolute Gasteiger partial charge is 0.342 e. The molecule has 2 aliphatic heterocycles. The van der Waals surface area contributed by atoms with Gasteiger partial charge in [-0.3, -0.25) is 4.79 Å². The number of sulfonamides is 1. The van der Waals surface area contributed by atoms with Gasteiger partial charge in [-0.2, -0.15) is 4.31 Å². The van der Waals surface area contributed by atoms with Gasteiger partial charge < -0.3 is 10.6 Å². The summed E-state index contributed by atoms with van der Waals surface area (Å²) in [6, 6.07) is 3.40. The highest BCUT2D eigenvalue weighted by Gasteiger charge is 2.35. The van der Waals surface area contributed by atoms with Gasteiger partial charge in [0.05, 0.1) is 6.42 Å². The van der Waals surface area contributed by atoms with Crippen LogP contribution < -0.4 is 5.73 Å². The first kappa shape index (κ1) is 20.6. The van der Waals surface area contributed by atoms with Crippen molar-refractivity contribution in [2.24, 2.45) is 11.1 Å². The van der Waals surface area contributed by atoms with Crippen LogP contribution in [0.5, 0.6) is 0 Å². The molecule has 2 N–H and O–H groups in total. The minimum Gasteiger partial charge on any atom is -0.342 e. The molecule has 3 rings (SSSR count). The Morgan fingerprint density at radius 2 is 1.96 bits per heavy atom.